The van der Waals surface area contributed by atoms with Gasteiger partial charge in [-0.05, 0) is 24.9 Å². The Morgan fingerprint density at radius 3 is 2.93 bits per heavy atom. The summed E-state index contributed by atoms with van der Waals surface area (Å²) in [5.74, 6) is -0.117. The molecule has 0 radical (unpaired) electrons. The molecule has 3 rings (SSSR count). The van der Waals surface area contributed by atoms with Crippen LogP contribution in [0, 0.1) is 5.82 Å². The van der Waals surface area contributed by atoms with Crippen LogP contribution in [-0.4, -0.2) is 16.4 Å². The van der Waals surface area contributed by atoms with Crippen molar-refractivity contribution in [3.05, 3.63) is 29.3 Å². The van der Waals surface area contributed by atoms with Crippen molar-refractivity contribution in [3.8, 4) is 0 Å². The minimum Gasteiger partial charge on any atom is -0.289 e. The Kier molecular flexibility index (Phi) is 1.65. The Morgan fingerprint density at radius 1 is 1.43 bits per heavy atom. The molecule has 1 saturated heterocycles. The average molecular weight is 192 g/mol. The molecule has 2 unspecified atom stereocenters. The van der Waals surface area contributed by atoms with E-state index in [2.05, 4.69) is 16.8 Å². The van der Waals surface area contributed by atoms with Crippen LogP contribution in [0.3, 0.4) is 0 Å². The summed E-state index contributed by atoms with van der Waals surface area (Å²) in [5, 5.41) is 0. The molecule has 0 aromatic carbocycles. The lowest BCUT2D eigenvalue weighted by molar-refractivity contribution is 0.234. The molecule has 0 aliphatic carbocycles. The highest BCUT2D eigenvalue weighted by Crippen LogP contribution is 2.52. The molecule has 0 saturated carbocycles. The van der Waals surface area contributed by atoms with E-state index in [0.717, 1.165) is 30.5 Å². The Bertz CT molecular complexity index is 378. The second-order valence-corrected chi connectivity index (χ2v) is 4.06. The summed E-state index contributed by atoms with van der Waals surface area (Å²) in [6.45, 7) is 3.14. The van der Waals surface area contributed by atoms with Crippen LogP contribution in [0.25, 0.3) is 0 Å². The number of hydrogen-bond donors (Lipinski definition) is 0. The predicted molar refractivity (Wildman–Crippen MR) is 51.3 cm³/mol. The molecule has 3 heteroatoms. The highest BCUT2D eigenvalue weighted by molar-refractivity contribution is 5.38. The summed E-state index contributed by atoms with van der Waals surface area (Å²) in [6, 6.07) is 0.756. The van der Waals surface area contributed by atoms with Gasteiger partial charge >= 0.3 is 0 Å². The highest BCUT2D eigenvalue weighted by Gasteiger charge is 2.44. The molecule has 3 heterocycles. The number of pyridine rings is 1. The van der Waals surface area contributed by atoms with Crippen molar-refractivity contribution in [2.24, 2.45) is 0 Å². The van der Waals surface area contributed by atoms with Crippen molar-refractivity contribution in [1.82, 2.24) is 9.88 Å². The minimum absolute atomic E-state index is 0.117. The summed E-state index contributed by atoms with van der Waals surface area (Å²) in [6.07, 6.45) is 5.45. The molecule has 2 atom stereocenters. The average Bonchev–Trinajstić information content (AvgIpc) is 2.73. The molecular weight excluding hydrogens is 179 g/mol. The van der Waals surface area contributed by atoms with E-state index in [-0.39, 0.29) is 5.82 Å². The van der Waals surface area contributed by atoms with Gasteiger partial charge in [0, 0.05) is 23.8 Å². The smallest absolute Gasteiger partial charge is 0.146 e. The normalized spacial score (nSPS) is 29.6. The maximum absolute atomic E-state index is 13.6. The van der Waals surface area contributed by atoms with Crippen LogP contribution in [-0.2, 0) is 0 Å². The number of halogens is 1. The van der Waals surface area contributed by atoms with E-state index in [0.29, 0.717) is 12.1 Å². The molecule has 0 spiro atoms. The van der Waals surface area contributed by atoms with Crippen LogP contribution in [0.5, 0.6) is 0 Å². The zero-order chi connectivity index (χ0) is 9.71. The van der Waals surface area contributed by atoms with Gasteiger partial charge in [-0.15, -0.1) is 0 Å². The van der Waals surface area contributed by atoms with Crippen LogP contribution >= 0.6 is 0 Å². The second-order valence-electron chi connectivity index (χ2n) is 4.06. The van der Waals surface area contributed by atoms with E-state index in [9.17, 15) is 4.39 Å². The van der Waals surface area contributed by atoms with E-state index in [1.165, 1.54) is 6.20 Å². The lowest BCUT2D eigenvalue weighted by atomic mass is 9.93. The fraction of sp³-hybridized carbons (Fsp3) is 0.545. The van der Waals surface area contributed by atoms with Gasteiger partial charge in [-0.25, -0.2) is 4.39 Å². The van der Waals surface area contributed by atoms with Gasteiger partial charge in [0.2, 0.25) is 0 Å². The Hall–Kier alpha value is -0.960. The molecule has 2 aliphatic rings. The SMILES string of the molecule is CCN1C2CCC1c1c(F)cncc12. The first-order valence-corrected chi connectivity index (χ1v) is 5.22. The molecular formula is C11H13FN2. The molecule has 14 heavy (non-hydrogen) atoms. The summed E-state index contributed by atoms with van der Waals surface area (Å²) in [4.78, 5) is 6.33. The fourth-order valence-electron chi connectivity index (χ4n) is 3.03. The Labute approximate surface area is 82.8 Å². The quantitative estimate of drug-likeness (QED) is 0.679. The largest absolute Gasteiger partial charge is 0.289 e. The van der Waals surface area contributed by atoms with E-state index in [4.69, 9.17) is 0 Å². The number of fused-ring (bicyclic) bond motifs is 5. The summed E-state index contributed by atoms with van der Waals surface area (Å²) in [7, 11) is 0. The van der Waals surface area contributed by atoms with Gasteiger partial charge in [0.1, 0.15) is 5.82 Å². The van der Waals surface area contributed by atoms with E-state index in [1.807, 2.05) is 6.20 Å². The summed E-state index contributed by atoms with van der Waals surface area (Å²) < 4.78 is 13.6. The molecule has 1 aromatic rings. The van der Waals surface area contributed by atoms with Crippen molar-refractivity contribution in [2.75, 3.05) is 6.54 Å². The third kappa shape index (κ3) is 0.857. The van der Waals surface area contributed by atoms with Gasteiger partial charge < -0.3 is 0 Å². The third-order valence-corrected chi connectivity index (χ3v) is 3.54. The zero-order valence-corrected chi connectivity index (χ0v) is 8.20. The molecule has 1 aromatic heterocycles. The van der Waals surface area contributed by atoms with Crippen molar-refractivity contribution in [3.63, 3.8) is 0 Å². The maximum atomic E-state index is 13.6. The first kappa shape index (κ1) is 8.36. The molecule has 74 valence electrons. The van der Waals surface area contributed by atoms with Crippen molar-refractivity contribution >= 4 is 0 Å². The Balaban J connectivity index is 2.16. The summed E-state index contributed by atoms with van der Waals surface area (Å²) >= 11 is 0. The summed E-state index contributed by atoms with van der Waals surface area (Å²) in [5.41, 5.74) is 2.04. The molecule has 2 bridgehead atoms. The standard InChI is InChI=1S/C11H13FN2/c1-2-14-9-3-4-10(14)11-7(9)5-13-6-8(11)12/h5-6,9-10H,2-4H2,1H3. The second kappa shape index (κ2) is 2.76. The maximum Gasteiger partial charge on any atom is 0.146 e. The lowest BCUT2D eigenvalue weighted by Gasteiger charge is -2.18. The van der Waals surface area contributed by atoms with Crippen LogP contribution in [0.2, 0.25) is 0 Å². The molecule has 2 aliphatic heterocycles. The van der Waals surface area contributed by atoms with Gasteiger partial charge in [0.05, 0.1) is 6.20 Å². The molecule has 1 fully saturated rings. The van der Waals surface area contributed by atoms with Gasteiger partial charge in [-0.2, -0.15) is 0 Å². The molecule has 0 N–H and O–H groups in total. The molecule has 2 nitrogen and oxygen atoms in total. The minimum atomic E-state index is -0.117. The zero-order valence-electron chi connectivity index (χ0n) is 8.20. The fourth-order valence-corrected chi connectivity index (χ4v) is 3.03. The van der Waals surface area contributed by atoms with Crippen molar-refractivity contribution < 1.29 is 4.39 Å². The molecule has 0 amide bonds. The Morgan fingerprint density at radius 2 is 2.21 bits per heavy atom. The van der Waals surface area contributed by atoms with Crippen molar-refractivity contribution in [2.45, 2.75) is 31.8 Å². The number of nitrogens with zero attached hydrogens (tertiary/aromatic N) is 2. The van der Waals surface area contributed by atoms with Crippen LogP contribution in [0.1, 0.15) is 43.0 Å². The monoisotopic (exact) mass is 192 g/mol. The van der Waals surface area contributed by atoms with Gasteiger partial charge in [0.25, 0.3) is 0 Å². The van der Waals surface area contributed by atoms with Gasteiger partial charge in [-0.1, -0.05) is 6.92 Å². The number of rotatable bonds is 1. The topological polar surface area (TPSA) is 16.1 Å². The van der Waals surface area contributed by atoms with E-state index in [1.54, 1.807) is 0 Å². The predicted octanol–water partition coefficient (Wildman–Crippen LogP) is 2.43. The van der Waals surface area contributed by atoms with Gasteiger partial charge in [0.15, 0.2) is 0 Å². The highest BCUT2D eigenvalue weighted by atomic mass is 19.1. The van der Waals surface area contributed by atoms with Crippen molar-refractivity contribution in [1.29, 1.82) is 0 Å². The number of aromatic nitrogens is 1. The first-order valence-electron chi connectivity index (χ1n) is 5.22. The van der Waals surface area contributed by atoms with Crippen LogP contribution in [0.15, 0.2) is 12.4 Å². The van der Waals surface area contributed by atoms with E-state index < -0.39 is 0 Å². The van der Waals surface area contributed by atoms with E-state index >= 15 is 0 Å². The lowest BCUT2D eigenvalue weighted by Crippen LogP contribution is -2.18. The third-order valence-electron chi connectivity index (χ3n) is 3.54. The first-order chi connectivity index (χ1) is 6.83. The van der Waals surface area contributed by atoms with Crippen LogP contribution in [0.4, 0.5) is 4.39 Å². The van der Waals surface area contributed by atoms with Crippen LogP contribution < -0.4 is 0 Å². The number of hydrogen-bond acceptors (Lipinski definition) is 2. The van der Waals surface area contributed by atoms with Gasteiger partial charge in [-0.3, -0.25) is 9.88 Å².